The largest absolute Gasteiger partial charge is 0.283 e. The molecule has 26 heavy (non-hydrogen) atoms. The molecule has 0 radical (unpaired) electrons. The summed E-state index contributed by atoms with van der Waals surface area (Å²) in [6.45, 7) is 0. The number of benzene rings is 3. The van der Waals surface area contributed by atoms with E-state index in [1.807, 2.05) is 60.7 Å². The van der Waals surface area contributed by atoms with Gasteiger partial charge in [-0.05, 0) is 42.5 Å². The van der Waals surface area contributed by atoms with Crippen molar-refractivity contribution in [2.24, 2.45) is 5.10 Å². The molecule has 7 heteroatoms. The summed E-state index contributed by atoms with van der Waals surface area (Å²) in [6, 6.07) is 22.2. The molecule has 3 aromatic carbocycles. The fourth-order valence-electron chi connectivity index (χ4n) is 2.17. The maximum atomic E-state index is 11.4. The van der Waals surface area contributed by atoms with E-state index < -0.39 is 0 Å². The van der Waals surface area contributed by atoms with Crippen LogP contribution < -0.4 is 5.43 Å². The number of nitrogens with one attached hydrogen (secondary N) is 1. The number of hydrazone groups is 1. The van der Waals surface area contributed by atoms with E-state index in [0.29, 0.717) is 10.5 Å². The van der Waals surface area contributed by atoms with E-state index in [2.05, 4.69) is 26.5 Å². The topological polar surface area (TPSA) is 67.5 Å². The number of hydrogen-bond donors (Lipinski definition) is 1. The summed E-state index contributed by atoms with van der Waals surface area (Å²) in [5.41, 5.74) is 4.45. The Balaban J connectivity index is 1.78. The number of nitro groups is 1. The fourth-order valence-corrected chi connectivity index (χ4v) is 3.33. The van der Waals surface area contributed by atoms with Gasteiger partial charge in [-0.15, -0.1) is 0 Å². The van der Waals surface area contributed by atoms with Gasteiger partial charge in [-0.3, -0.25) is 15.5 Å². The summed E-state index contributed by atoms with van der Waals surface area (Å²) < 4.78 is 0.967. The first-order chi connectivity index (χ1) is 12.6. The average Bonchev–Trinajstić information content (AvgIpc) is 2.65. The zero-order chi connectivity index (χ0) is 18.4. The summed E-state index contributed by atoms with van der Waals surface area (Å²) in [6.07, 6.45) is 1.56. The lowest BCUT2D eigenvalue weighted by Crippen LogP contribution is -1.95. The minimum atomic E-state index is -0.372. The number of halogens is 1. The molecule has 0 spiro atoms. The molecule has 0 saturated heterocycles. The van der Waals surface area contributed by atoms with Crippen LogP contribution in [0.2, 0.25) is 0 Å². The van der Waals surface area contributed by atoms with Crippen molar-refractivity contribution in [2.75, 3.05) is 5.43 Å². The Morgan fingerprint density at radius 3 is 2.46 bits per heavy atom. The van der Waals surface area contributed by atoms with Crippen LogP contribution in [0.4, 0.5) is 11.4 Å². The molecule has 0 aromatic heterocycles. The Hall–Kier alpha value is -2.64. The van der Waals surface area contributed by atoms with Gasteiger partial charge in [0.2, 0.25) is 0 Å². The van der Waals surface area contributed by atoms with Crippen molar-refractivity contribution in [2.45, 2.75) is 9.79 Å². The van der Waals surface area contributed by atoms with Gasteiger partial charge in [-0.1, -0.05) is 52.0 Å². The van der Waals surface area contributed by atoms with E-state index in [1.165, 1.54) is 17.8 Å². The van der Waals surface area contributed by atoms with Gasteiger partial charge in [-0.25, -0.2) is 0 Å². The lowest BCUT2D eigenvalue weighted by atomic mass is 10.2. The Kier molecular flexibility index (Phi) is 6.04. The Morgan fingerprint density at radius 2 is 1.77 bits per heavy atom. The van der Waals surface area contributed by atoms with Crippen LogP contribution in [0.1, 0.15) is 5.56 Å². The molecule has 0 unspecified atom stereocenters. The highest BCUT2D eigenvalue weighted by molar-refractivity contribution is 9.10. The van der Waals surface area contributed by atoms with Crippen molar-refractivity contribution in [3.05, 3.63) is 92.9 Å². The van der Waals surface area contributed by atoms with Crippen LogP contribution in [-0.4, -0.2) is 11.1 Å². The van der Waals surface area contributed by atoms with E-state index in [4.69, 9.17) is 0 Å². The lowest BCUT2D eigenvalue weighted by Gasteiger charge is -2.04. The maximum Gasteiger partial charge on any atom is 0.283 e. The zero-order valence-corrected chi connectivity index (χ0v) is 15.9. The molecule has 1 N–H and O–H groups in total. The highest BCUT2D eigenvalue weighted by Crippen LogP contribution is 2.35. The Morgan fingerprint density at radius 1 is 1.04 bits per heavy atom. The van der Waals surface area contributed by atoms with Crippen LogP contribution in [0.3, 0.4) is 0 Å². The van der Waals surface area contributed by atoms with Crippen LogP contribution in [0.15, 0.2) is 92.2 Å². The highest BCUT2D eigenvalue weighted by atomic mass is 79.9. The molecule has 0 fully saturated rings. The zero-order valence-electron chi connectivity index (χ0n) is 13.5. The second-order valence-corrected chi connectivity index (χ2v) is 7.31. The standard InChI is InChI=1S/C19H14BrN3O2S/c20-15-7-9-17(10-8-15)26-19-11-6-14(12-18(19)23(24)25)13-21-22-16-4-2-1-3-5-16/h1-13,22H. The van der Waals surface area contributed by atoms with E-state index in [9.17, 15) is 10.1 Å². The van der Waals surface area contributed by atoms with E-state index in [1.54, 1.807) is 12.3 Å². The Bertz CT molecular complexity index is 931. The fraction of sp³-hybridized carbons (Fsp3) is 0. The minimum Gasteiger partial charge on any atom is -0.279 e. The first-order valence-electron chi connectivity index (χ1n) is 7.68. The third kappa shape index (κ3) is 4.93. The van der Waals surface area contributed by atoms with Crippen molar-refractivity contribution in [3.63, 3.8) is 0 Å². The van der Waals surface area contributed by atoms with Gasteiger partial charge >= 0.3 is 0 Å². The predicted molar refractivity (Wildman–Crippen MR) is 109 cm³/mol. The van der Waals surface area contributed by atoms with Gasteiger partial charge in [0.15, 0.2) is 0 Å². The number of nitro benzene ring substituents is 1. The van der Waals surface area contributed by atoms with E-state index in [-0.39, 0.29) is 10.6 Å². The molecule has 130 valence electrons. The number of anilines is 1. The molecule has 3 rings (SSSR count). The van der Waals surface area contributed by atoms with Crippen LogP contribution in [0.5, 0.6) is 0 Å². The summed E-state index contributed by atoms with van der Waals surface area (Å²) in [7, 11) is 0. The monoisotopic (exact) mass is 427 g/mol. The first-order valence-corrected chi connectivity index (χ1v) is 9.29. The lowest BCUT2D eigenvalue weighted by molar-refractivity contribution is -0.387. The highest BCUT2D eigenvalue weighted by Gasteiger charge is 2.15. The van der Waals surface area contributed by atoms with Crippen molar-refractivity contribution >= 4 is 45.3 Å². The molecular weight excluding hydrogens is 414 g/mol. The Labute approximate surface area is 163 Å². The van der Waals surface area contributed by atoms with Gasteiger partial charge < -0.3 is 0 Å². The second-order valence-electron chi connectivity index (χ2n) is 5.28. The van der Waals surface area contributed by atoms with Crippen LogP contribution in [0, 0.1) is 10.1 Å². The third-order valence-corrected chi connectivity index (χ3v) is 5.00. The summed E-state index contributed by atoms with van der Waals surface area (Å²) >= 11 is 4.74. The SMILES string of the molecule is O=[N+]([O-])c1cc(C=NNc2ccccc2)ccc1Sc1ccc(Br)cc1. The molecule has 0 saturated carbocycles. The number of hydrogen-bond acceptors (Lipinski definition) is 5. The van der Waals surface area contributed by atoms with Crippen LogP contribution in [-0.2, 0) is 0 Å². The van der Waals surface area contributed by atoms with E-state index >= 15 is 0 Å². The van der Waals surface area contributed by atoms with E-state index in [0.717, 1.165) is 15.1 Å². The smallest absolute Gasteiger partial charge is 0.279 e. The minimum absolute atomic E-state index is 0.0570. The van der Waals surface area contributed by atoms with Crippen molar-refractivity contribution in [3.8, 4) is 0 Å². The van der Waals surface area contributed by atoms with Crippen molar-refractivity contribution in [1.29, 1.82) is 0 Å². The molecule has 0 atom stereocenters. The van der Waals surface area contributed by atoms with Crippen molar-refractivity contribution < 1.29 is 4.92 Å². The van der Waals surface area contributed by atoms with Crippen molar-refractivity contribution in [1.82, 2.24) is 0 Å². The molecule has 0 aliphatic carbocycles. The average molecular weight is 428 g/mol. The predicted octanol–water partition coefficient (Wildman–Crippen LogP) is 5.95. The number of nitrogens with zero attached hydrogens (tertiary/aromatic N) is 2. The molecular formula is C19H14BrN3O2S. The van der Waals surface area contributed by atoms with Gasteiger partial charge in [0.1, 0.15) is 0 Å². The second kappa shape index (κ2) is 8.64. The van der Waals surface area contributed by atoms with Crippen LogP contribution >= 0.6 is 27.7 Å². The van der Waals surface area contributed by atoms with Gasteiger partial charge in [0.25, 0.3) is 5.69 Å². The molecule has 0 amide bonds. The third-order valence-electron chi connectivity index (χ3n) is 3.40. The molecule has 0 bridgehead atoms. The number of para-hydroxylation sites is 1. The summed E-state index contributed by atoms with van der Waals surface area (Å²) in [5.74, 6) is 0. The maximum absolute atomic E-state index is 11.4. The van der Waals surface area contributed by atoms with Gasteiger partial charge in [-0.2, -0.15) is 5.10 Å². The molecule has 5 nitrogen and oxygen atoms in total. The normalized spacial score (nSPS) is 10.8. The molecule has 0 aliphatic rings. The van der Waals surface area contributed by atoms with Gasteiger partial charge in [0, 0.05) is 21.0 Å². The number of rotatable bonds is 6. The van der Waals surface area contributed by atoms with Crippen LogP contribution in [0.25, 0.3) is 0 Å². The summed E-state index contributed by atoms with van der Waals surface area (Å²) in [4.78, 5) is 12.6. The molecule has 0 aliphatic heterocycles. The molecule has 3 aromatic rings. The summed E-state index contributed by atoms with van der Waals surface area (Å²) in [5, 5.41) is 15.6. The van der Waals surface area contributed by atoms with Gasteiger partial charge in [0.05, 0.1) is 21.7 Å². The molecule has 0 heterocycles. The quantitative estimate of drug-likeness (QED) is 0.299. The first kappa shape index (κ1) is 18.2.